The van der Waals surface area contributed by atoms with Gasteiger partial charge in [-0.05, 0) is 71.3 Å². The lowest BCUT2D eigenvalue weighted by atomic mass is 10.0. The summed E-state index contributed by atoms with van der Waals surface area (Å²) in [5, 5.41) is 9.63. The van der Waals surface area contributed by atoms with Crippen molar-refractivity contribution in [2.45, 2.75) is 0 Å². The van der Waals surface area contributed by atoms with Crippen LogP contribution in [-0.4, -0.2) is 20.2 Å². The summed E-state index contributed by atoms with van der Waals surface area (Å²) in [7, 11) is 3.07. The van der Waals surface area contributed by atoms with Crippen molar-refractivity contribution in [1.82, 2.24) is 0 Å². The third-order valence-corrected chi connectivity index (χ3v) is 4.48. The van der Waals surface area contributed by atoms with E-state index >= 15 is 0 Å². The molecule has 32 heavy (non-hydrogen) atoms. The molecule has 0 saturated heterocycles. The monoisotopic (exact) mass is 429 g/mol. The quantitative estimate of drug-likeness (QED) is 0.162. The molecule has 0 spiro atoms. The zero-order chi connectivity index (χ0) is 22.9. The average molecular weight is 429 g/mol. The largest absolute Gasteiger partial charge is 0.493 e. The van der Waals surface area contributed by atoms with Crippen LogP contribution in [-0.2, 0) is 4.79 Å². The molecule has 0 unspecified atom stereocenters. The second-order valence-electron chi connectivity index (χ2n) is 6.62. The van der Waals surface area contributed by atoms with Crippen molar-refractivity contribution >= 4 is 23.7 Å². The number of esters is 1. The Kier molecular flexibility index (Phi) is 7.39. The van der Waals surface area contributed by atoms with Gasteiger partial charge >= 0.3 is 5.97 Å². The first kappa shape index (κ1) is 22.3. The molecule has 0 aliphatic carbocycles. The number of hydrogen-bond acceptors (Lipinski definition) is 5. The summed E-state index contributed by atoms with van der Waals surface area (Å²) >= 11 is 0. The highest BCUT2D eigenvalue weighted by atomic mass is 19.1. The highest BCUT2D eigenvalue weighted by Gasteiger charge is 2.09. The van der Waals surface area contributed by atoms with E-state index in [0.29, 0.717) is 39.5 Å². The van der Waals surface area contributed by atoms with Crippen molar-refractivity contribution in [2.24, 2.45) is 0 Å². The van der Waals surface area contributed by atoms with Gasteiger partial charge in [-0.1, -0.05) is 24.3 Å². The molecule has 3 aromatic rings. The molecular weight excluding hydrogens is 409 g/mol. The number of halogens is 1. The van der Waals surface area contributed by atoms with Crippen molar-refractivity contribution in [1.29, 1.82) is 5.26 Å². The lowest BCUT2D eigenvalue weighted by molar-refractivity contribution is -0.128. The molecule has 0 aromatic heterocycles. The van der Waals surface area contributed by atoms with Crippen molar-refractivity contribution in [3.05, 3.63) is 95.3 Å². The number of allylic oxidation sites excluding steroid dienone is 1. The number of ether oxygens (including phenoxy) is 3. The molecule has 0 aliphatic rings. The Morgan fingerprint density at radius 1 is 0.938 bits per heavy atom. The number of hydrogen-bond donors (Lipinski definition) is 0. The molecule has 0 saturated carbocycles. The lowest BCUT2D eigenvalue weighted by Crippen LogP contribution is -2.03. The zero-order valence-corrected chi connectivity index (χ0v) is 17.5. The fourth-order valence-corrected chi connectivity index (χ4v) is 2.91. The Morgan fingerprint density at radius 2 is 1.69 bits per heavy atom. The van der Waals surface area contributed by atoms with E-state index in [4.69, 9.17) is 14.2 Å². The van der Waals surface area contributed by atoms with Gasteiger partial charge in [0.2, 0.25) is 0 Å². The fourth-order valence-electron chi connectivity index (χ4n) is 2.91. The van der Waals surface area contributed by atoms with Crippen LogP contribution in [0, 0.1) is 17.1 Å². The molecule has 0 atom stereocenters. The van der Waals surface area contributed by atoms with E-state index in [2.05, 4.69) is 6.07 Å². The third kappa shape index (κ3) is 5.83. The standard InChI is InChI=1S/C26H20FNO4/c1-30-24-12-9-20(16-25(24)31-2)21(17-28)14-19-4-3-5-23(15-19)32-26(29)13-8-18-6-10-22(27)11-7-18/h3-16H,1-2H3/b13-8+,21-14-. The first-order valence-corrected chi connectivity index (χ1v) is 9.62. The number of nitrogens with zero attached hydrogens (tertiary/aromatic N) is 1. The maximum absolute atomic E-state index is 13.0. The van der Waals surface area contributed by atoms with Gasteiger partial charge in [0.1, 0.15) is 11.6 Å². The molecule has 0 fully saturated rings. The van der Waals surface area contributed by atoms with E-state index in [1.807, 2.05) is 0 Å². The van der Waals surface area contributed by atoms with Crippen molar-refractivity contribution < 1.29 is 23.4 Å². The number of methoxy groups -OCH3 is 2. The van der Waals surface area contributed by atoms with Gasteiger partial charge in [0.15, 0.2) is 11.5 Å². The molecule has 0 radical (unpaired) electrons. The average Bonchev–Trinajstić information content (AvgIpc) is 2.82. The maximum Gasteiger partial charge on any atom is 0.336 e. The van der Waals surface area contributed by atoms with Crippen molar-refractivity contribution in [2.75, 3.05) is 14.2 Å². The summed E-state index contributed by atoms with van der Waals surface area (Å²) in [5.74, 6) is 0.491. The van der Waals surface area contributed by atoms with E-state index in [1.165, 1.54) is 31.4 Å². The van der Waals surface area contributed by atoms with Gasteiger partial charge in [-0.2, -0.15) is 5.26 Å². The van der Waals surface area contributed by atoms with E-state index in [0.717, 1.165) is 0 Å². The smallest absolute Gasteiger partial charge is 0.336 e. The predicted octanol–water partition coefficient (Wildman–Crippen LogP) is 5.53. The summed E-state index contributed by atoms with van der Waals surface area (Å²) in [4.78, 5) is 12.1. The topological polar surface area (TPSA) is 68.5 Å². The minimum absolute atomic E-state index is 0.331. The van der Waals surface area contributed by atoms with Gasteiger partial charge < -0.3 is 14.2 Å². The Hall–Kier alpha value is -4.37. The molecule has 0 aliphatic heterocycles. The van der Waals surface area contributed by atoms with Crippen LogP contribution in [0.15, 0.2) is 72.8 Å². The van der Waals surface area contributed by atoms with Gasteiger partial charge in [-0.3, -0.25) is 0 Å². The molecule has 160 valence electrons. The van der Waals surface area contributed by atoms with E-state index in [9.17, 15) is 14.4 Å². The van der Waals surface area contributed by atoms with Gasteiger partial charge in [0.25, 0.3) is 0 Å². The van der Waals surface area contributed by atoms with Crippen LogP contribution in [0.5, 0.6) is 17.2 Å². The van der Waals surface area contributed by atoms with Crippen LogP contribution in [0.25, 0.3) is 17.7 Å². The molecule has 0 heterocycles. The normalized spacial score (nSPS) is 11.1. The third-order valence-electron chi connectivity index (χ3n) is 4.48. The first-order valence-electron chi connectivity index (χ1n) is 9.62. The van der Waals surface area contributed by atoms with Gasteiger partial charge in [0, 0.05) is 6.08 Å². The van der Waals surface area contributed by atoms with Crippen LogP contribution in [0.2, 0.25) is 0 Å². The molecular formula is C26H20FNO4. The highest BCUT2D eigenvalue weighted by molar-refractivity contribution is 5.91. The van der Waals surface area contributed by atoms with Crippen LogP contribution < -0.4 is 14.2 Å². The van der Waals surface area contributed by atoms with Crippen LogP contribution in [0.3, 0.4) is 0 Å². The maximum atomic E-state index is 13.0. The Balaban J connectivity index is 1.77. The Bertz CT molecular complexity index is 1210. The summed E-state index contributed by atoms with van der Waals surface area (Å²) < 4.78 is 28.8. The van der Waals surface area contributed by atoms with Crippen LogP contribution in [0.1, 0.15) is 16.7 Å². The lowest BCUT2D eigenvalue weighted by Gasteiger charge is -2.09. The fraction of sp³-hybridized carbons (Fsp3) is 0.0769. The highest BCUT2D eigenvalue weighted by Crippen LogP contribution is 2.31. The van der Waals surface area contributed by atoms with E-state index < -0.39 is 5.97 Å². The van der Waals surface area contributed by atoms with E-state index in [-0.39, 0.29) is 5.82 Å². The number of rotatable bonds is 7. The molecule has 3 aromatic carbocycles. The van der Waals surface area contributed by atoms with E-state index in [1.54, 1.807) is 67.8 Å². The summed E-state index contributed by atoms with van der Waals surface area (Å²) in [6.07, 6.45) is 4.49. The van der Waals surface area contributed by atoms with Gasteiger partial charge in [0.05, 0.1) is 25.9 Å². The van der Waals surface area contributed by atoms with Crippen molar-refractivity contribution in [3.63, 3.8) is 0 Å². The first-order chi connectivity index (χ1) is 15.5. The molecule has 5 nitrogen and oxygen atoms in total. The molecule has 3 rings (SSSR count). The number of nitriles is 1. The SMILES string of the molecule is COc1ccc(/C(C#N)=C\c2cccc(OC(=O)/C=C/c3ccc(F)cc3)c2)cc1OC. The van der Waals surface area contributed by atoms with Crippen LogP contribution >= 0.6 is 0 Å². The molecule has 6 heteroatoms. The van der Waals surface area contributed by atoms with Crippen LogP contribution in [0.4, 0.5) is 4.39 Å². The second-order valence-corrected chi connectivity index (χ2v) is 6.62. The molecule has 0 N–H and O–H groups in total. The summed E-state index contributed by atoms with van der Waals surface area (Å²) in [6, 6.07) is 19.9. The van der Waals surface area contributed by atoms with Gasteiger partial charge in [-0.15, -0.1) is 0 Å². The molecule has 0 amide bonds. The minimum atomic E-state index is -0.573. The summed E-state index contributed by atoms with van der Waals surface area (Å²) in [5.41, 5.74) is 2.43. The minimum Gasteiger partial charge on any atom is -0.493 e. The number of carbonyl (C=O) groups is 1. The molecule has 0 bridgehead atoms. The summed E-state index contributed by atoms with van der Waals surface area (Å²) in [6.45, 7) is 0. The van der Waals surface area contributed by atoms with Crippen molar-refractivity contribution in [3.8, 4) is 23.3 Å². The number of benzene rings is 3. The van der Waals surface area contributed by atoms with Gasteiger partial charge in [-0.25, -0.2) is 9.18 Å². The second kappa shape index (κ2) is 10.6. The Labute approximate surface area is 185 Å². The zero-order valence-electron chi connectivity index (χ0n) is 17.5. The number of carbonyl (C=O) groups excluding carboxylic acids is 1. The predicted molar refractivity (Wildman–Crippen MR) is 121 cm³/mol. The Morgan fingerprint density at radius 3 is 2.38 bits per heavy atom.